The van der Waals surface area contributed by atoms with Gasteiger partial charge in [-0.25, -0.2) is 8.42 Å². The van der Waals surface area contributed by atoms with Gasteiger partial charge in [0, 0.05) is 7.05 Å². The third-order valence-electron chi connectivity index (χ3n) is 3.89. The van der Waals surface area contributed by atoms with Crippen LogP contribution in [0.4, 0.5) is 0 Å². The molecule has 1 fully saturated rings. The van der Waals surface area contributed by atoms with E-state index in [0.29, 0.717) is 10.0 Å². The summed E-state index contributed by atoms with van der Waals surface area (Å²) in [5.41, 5.74) is 4.31. The predicted octanol–water partition coefficient (Wildman–Crippen LogP) is 2.22. The molecule has 5 nitrogen and oxygen atoms in total. The molecule has 2 N–H and O–H groups in total. The molecule has 1 saturated carbocycles. The summed E-state index contributed by atoms with van der Waals surface area (Å²) < 4.78 is 25.0. The summed E-state index contributed by atoms with van der Waals surface area (Å²) in [5.74, 6) is 0. The van der Waals surface area contributed by atoms with Gasteiger partial charge in [-0.3, -0.25) is 5.43 Å². The molecule has 0 bridgehead atoms. The first-order chi connectivity index (χ1) is 10.4. The Labute approximate surface area is 137 Å². The molecular weight excluding hydrogens is 318 g/mol. The molecule has 0 spiro atoms. The Hall–Kier alpha value is -1.47. The van der Waals surface area contributed by atoms with Gasteiger partial charge in [-0.05, 0) is 49.7 Å². The van der Waals surface area contributed by atoms with E-state index >= 15 is 0 Å². The number of thiocarbonyl (C=S) groups is 1. The average molecular weight is 339 g/mol. The fraction of sp³-hybridized carbons (Fsp3) is 0.467. The summed E-state index contributed by atoms with van der Waals surface area (Å²) in [5, 5.41) is 7.12. The second-order valence-electron chi connectivity index (χ2n) is 5.36. The third-order valence-corrected chi connectivity index (χ3v) is 6.47. The molecule has 0 atom stereocenters. The minimum absolute atomic E-state index is 0.220. The summed E-state index contributed by atoms with van der Waals surface area (Å²) in [7, 11) is -1.49. The Morgan fingerprint density at radius 1 is 1.23 bits per heavy atom. The van der Waals surface area contributed by atoms with Gasteiger partial charge in [0.15, 0.2) is 14.9 Å². The highest BCUT2D eigenvalue weighted by Gasteiger charge is 2.30. The van der Waals surface area contributed by atoms with Crippen LogP contribution in [0.1, 0.15) is 38.2 Å². The van der Waals surface area contributed by atoms with Gasteiger partial charge in [0.2, 0.25) is 0 Å². The van der Waals surface area contributed by atoms with E-state index in [0.717, 1.165) is 37.0 Å². The quantitative estimate of drug-likeness (QED) is 0.500. The number of hydrogen-bond acceptors (Lipinski definition) is 4. The molecule has 0 amide bonds. The topological polar surface area (TPSA) is 70.6 Å². The van der Waals surface area contributed by atoms with Gasteiger partial charge in [0.05, 0.1) is 15.9 Å². The third kappa shape index (κ3) is 3.84. The highest BCUT2D eigenvalue weighted by molar-refractivity contribution is 7.92. The van der Waals surface area contributed by atoms with Crippen molar-refractivity contribution >= 4 is 32.9 Å². The second kappa shape index (κ2) is 7.19. The molecule has 22 heavy (non-hydrogen) atoms. The zero-order valence-electron chi connectivity index (χ0n) is 12.8. The van der Waals surface area contributed by atoms with Crippen LogP contribution in [0.3, 0.4) is 0 Å². The summed E-state index contributed by atoms with van der Waals surface area (Å²) in [6.45, 7) is 1.84. The maximum Gasteiger partial charge on any atom is 0.186 e. The normalized spacial score (nSPS) is 16.5. The SMILES string of the molecule is CNC(=S)N/N=C(\C)c1ccc(S(=O)(=O)C2CCCC2)cc1. The van der Waals surface area contributed by atoms with Crippen molar-refractivity contribution in [2.45, 2.75) is 42.8 Å². The molecule has 0 heterocycles. The molecule has 7 heteroatoms. The van der Waals surface area contributed by atoms with Crippen LogP contribution in [-0.2, 0) is 9.84 Å². The van der Waals surface area contributed by atoms with Gasteiger partial charge in [-0.1, -0.05) is 25.0 Å². The first-order valence-electron chi connectivity index (χ1n) is 7.31. The minimum atomic E-state index is -3.20. The molecule has 0 saturated heterocycles. The van der Waals surface area contributed by atoms with E-state index in [-0.39, 0.29) is 5.25 Å². The largest absolute Gasteiger partial charge is 0.364 e. The maximum atomic E-state index is 12.5. The summed E-state index contributed by atoms with van der Waals surface area (Å²) in [6.07, 6.45) is 3.56. The van der Waals surface area contributed by atoms with Gasteiger partial charge in [-0.2, -0.15) is 5.10 Å². The van der Waals surface area contributed by atoms with E-state index in [1.807, 2.05) is 6.92 Å². The molecule has 1 aliphatic carbocycles. The molecule has 0 unspecified atom stereocenters. The van der Waals surface area contributed by atoms with Crippen molar-refractivity contribution in [3.8, 4) is 0 Å². The Morgan fingerprint density at radius 3 is 2.36 bits per heavy atom. The molecular formula is C15H21N3O2S2. The number of hydrazone groups is 1. The van der Waals surface area contributed by atoms with Crippen molar-refractivity contribution < 1.29 is 8.42 Å². The molecule has 0 radical (unpaired) electrons. The van der Waals surface area contributed by atoms with Crippen LogP contribution in [-0.4, -0.2) is 31.5 Å². The lowest BCUT2D eigenvalue weighted by atomic mass is 10.1. The molecule has 1 aromatic rings. The first-order valence-corrected chi connectivity index (χ1v) is 9.27. The molecule has 0 aromatic heterocycles. The van der Waals surface area contributed by atoms with Crippen LogP contribution in [0.25, 0.3) is 0 Å². The minimum Gasteiger partial charge on any atom is -0.364 e. The van der Waals surface area contributed by atoms with E-state index in [2.05, 4.69) is 15.8 Å². The Morgan fingerprint density at radius 2 is 1.82 bits per heavy atom. The summed E-state index contributed by atoms with van der Waals surface area (Å²) in [4.78, 5) is 0.398. The highest BCUT2D eigenvalue weighted by atomic mass is 32.2. The fourth-order valence-corrected chi connectivity index (χ4v) is 4.43. The number of rotatable bonds is 4. The monoisotopic (exact) mass is 339 g/mol. The van der Waals surface area contributed by atoms with Crippen LogP contribution in [0.2, 0.25) is 0 Å². The van der Waals surface area contributed by atoms with Crippen molar-refractivity contribution in [1.29, 1.82) is 0 Å². The van der Waals surface area contributed by atoms with E-state index < -0.39 is 9.84 Å². The van der Waals surface area contributed by atoms with Crippen molar-refractivity contribution in [2.75, 3.05) is 7.05 Å². The van der Waals surface area contributed by atoms with E-state index in [4.69, 9.17) is 12.2 Å². The van der Waals surface area contributed by atoms with Crippen LogP contribution >= 0.6 is 12.2 Å². The Kier molecular flexibility index (Phi) is 5.52. The molecule has 1 aliphatic rings. The lowest BCUT2D eigenvalue weighted by Gasteiger charge is -2.11. The van der Waals surface area contributed by atoms with Gasteiger partial charge in [0.1, 0.15) is 0 Å². The van der Waals surface area contributed by atoms with E-state index in [1.54, 1.807) is 31.3 Å². The smallest absolute Gasteiger partial charge is 0.186 e. The maximum absolute atomic E-state index is 12.5. The fourth-order valence-electron chi connectivity index (χ4n) is 2.53. The first kappa shape index (κ1) is 16.9. The number of hydrogen-bond donors (Lipinski definition) is 2. The van der Waals surface area contributed by atoms with E-state index in [9.17, 15) is 8.42 Å². The van der Waals surface area contributed by atoms with Gasteiger partial charge in [0.25, 0.3) is 0 Å². The number of nitrogens with zero attached hydrogens (tertiary/aromatic N) is 1. The molecule has 2 rings (SSSR count). The Balaban J connectivity index is 2.14. The lowest BCUT2D eigenvalue weighted by molar-refractivity contribution is 0.579. The Bertz CT molecular complexity index is 661. The molecule has 120 valence electrons. The highest BCUT2D eigenvalue weighted by Crippen LogP contribution is 2.29. The van der Waals surface area contributed by atoms with Gasteiger partial charge < -0.3 is 5.32 Å². The average Bonchev–Trinajstić information content (AvgIpc) is 3.07. The van der Waals surface area contributed by atoms with Crippen molar-refractivity contribution in [3.05, 3.63) is 29.8 Å². The van der Waals surface area contributed by atoms with Crippen LogP contribution in [0, 0.1) is 0 Å². The lowest BCUT2D eigenvalue weighted by Crippen LogP contribution is -2.29. The summed E-state index contributed by atoms with van der Waals surface area (Å²) in [6, 6.07) is 6.90. The number of benzene rings is 1. The zero-order chi connectivity index (χ0) is 16.2. The van der Waals surface area contributed by atoms with Gasteiger partial charge >= 0.3 is 0 Å². The summed E-state index contributed by atoms with van der Waals surface area (Å²) >= 11 is 4.95. The second-order valence-corrected chi connectivity index (χ2v) is 8.00. The zero-order valence-corrected chi connectivity index (χ0v) is 14.4. The van der Waals surface area contributed by atoms with Crippen molar-refractivity contribution in [2.24, 2.45) is 5.10 Å². The van der Waals surface area contributed by atoms with E-state index in [1.165, 1.54) is 0 Å². The number of nitrogens with one attached hydrogen (secondary N) is 2. The van der Waals surface area contributed by atoms with Gasteiger partial charge in [-0.15, -0.1) is 0 Å². The van der Waals surface area contributed by atoms with Crippen LogP contribution < -0.4 is 10.7 Å². The number of sulfone groups is 1. The van der Waals surface area contributed by atoms with Crippen molar-refractivity contribution in [3.63, 3.8) is 0 Å². The molecule has 1 aromatic carbocycles. The standard InChI is InChI=1S/C15H21N3O2S2/c1-11(17-18-15(21)16-2)12-7-9-14(10-8-12)22(19,20)13-5-3-4-6-13/h7-10,13H,3-6H2,1-2H3,(H2,16,18,21)/b17-11+. The molecule has 0 aliphatic heterocycles. The van der Waals surface area contributed by atoms with Crippen molar-refractivity contribution in [1.82, 2.24) is 10.7 Å². The predicted molar refractivity (Wildman–Crippen MR) is 92.9 cm³/mol. The van der Waals surface area contributed by atoms with Crippen LogP contribution in [0.15, 0.2) is 34.3 Å². The van der Waals surface area contributed by atoms with Crippen LogP contribution in [0.5, 0.6) is 0 Å².